The summed E-state index contributed by atoms with van der Waals surface area (Å²) in [5.41, 5.74) is 4.70. The Kier molecular flexibility index (Phi) is 23.3. The fourth-order valence-corrected chi connectivity index (χ4v) is 3.29. The first-order chi connectivity index (χ1) is 13.8. The minimum Gasteiger partial charge on any atom is -0.481 e. The van der Waals surface area contributed by atoms with Crippen molar-refractivity contribution in [2.75, 3.05) is 0 Å². The third-order valence-electron chi connectivity index (χ3n) is 5.79. The molecule has 176 valence electrons. The smallest absolute Gasteiger partial charge is 0.303 e. The van der Waals surface area contributed by atoms with Crippen molar-refractivity contribution in [3.05, 3.63) is 0 Å². The second-order valence-electron chi connectivity index (χ2n) is 8.97. The zero-order valence-corrected chi connectivity index (χ0v) is 20.2. The van der Waals surface area contributed by atoms with Crippen LogP contribution >= 0.6 is 0 Å². The van der Waals surface area contributed by atoms with Gasteiger partial charge in [0, 0.05) is 6.42 Å². The number of unbranched alkanes of at least 4 members (excludes halogenated alkanes) is 15. The maximum absolute atomic E-state index is 9.69. The molecule has 4 N–H and O–H groups in total. The molecule has 0 aromatic carbocycles. The number of carbonyl (C=O) groups is 1. The number of carboxylic acids is 1. The van der Waals surface area contributed by atoms with Crippen LogP contribution in [-0.2, 0) is 4.79 Å². The Bertz CT molecular complexity index is 339. The first-order valence-corrected chi connectivity index (χ1v) is 12.5. The highest BCUT2D eigenvalue weighted by Gasteiger charge is 2.21. The summed E-state index contributed by atoms with van der Waals surface area (Å²) in [4.78, 5) is 9.37. The van der Waals surface area contributed by atoms with Gasteiger partial charge < -0.3 is 15.9 Å². The number of hydrogen-bond donors (Lipinski definition) is 3. The first kappa shape index (κ1) is 30.6. The summed E-state index contributed by atoms with van der Waals surface area (Å²) in [7, 11) is 0. The Morgan fingerprint density at radius 3 is 1.28 bits per heavy atom. The molecule has 0 fully saturated rings. The molecule has 0 aliphatic carbocycles. The van der Waals surface area contributed by atoms with Crippen LogP contribution in [0, 0.1) is 5.92 Å². The van der Waals surface area contributed by atoms with Gasteiger partial charge in [0.25, 0.3) is 0 Å². The van der Waals surface area contributed by atoms with Crippen LogP contribution in [0.5, 0.6) is 0 Å². The molecular formula is C25H53NO3. The Morgan fingerprint density at radius 1 is 0.759 bits per heavy atom. The van der Waals surface area contributed by atoms with E-state index in [2.05, 4.69) is 6.92 Å². The van der Waals surface area contributed by atoms with Crippen molar-refractivity contribution in [3.63, 3.8) is 0 Å². The SMILES string of the molecule is CCC(=O)O.CCCCCCCCCCCCCCCCCCC(C)C(C)(N)O. The molecule has 0 aliphatic rings. The number of hydrogen-bond acceptors (Lipinski definition) is 3. The molecule has 0 aliphatic heterocycles. The molecule has 4 nitrogen and oxygen atoms in total. The number of aliphatic carboxylic acids is 1. The van der Waals surface area contributed by atoms with E-state index in [-0.39, 0.29) is 12.3 Å². The molecule has 0 spiro atoms. The van der Waals surface area contributed by atoms with Crippen LogP contribution < -0.4 is 5.73 Å². The number of nitrogens with two attached hydrogens (primary N) is 1. The van der Waals surface area contributed by atoms with Gasteiger partial charge >= 0.3 is 5.97 Å². The largest absolute Gasteiger partial charge is 0.481 e. The van der Waals surface area contributed by atoms with E-state index in [0.717, 1.165) is 6.42 Å². The number of aliphatic hydroxyl groups is 1. The highest BCUT2D eigenvalue weighted by Crippen LogP contribution is 2.19. The van der Waals surface area contributed by atoms with Gasteiger partial charge in [0.2, 0.25) is 0 Å². The molecule has 29 heavy (non-hydrogen) atoms. The highest BCUT2D eigenvalue weighted by molar-refractivity contribution is 5.66. The lowest BCUT2D eigenvalue weighted by Gasteiger charge is -2.25. The lowest BCUT2D eigenvalue weighted by atomic mass is 9.93. The zero-order valence-electron chi connectivity index (χ0n) is 20.2. The lowest BCUT2D eigenvalue weighted by molar-refractivity contribution is -0.136. The van der Waals surface area contributed by atoms with Crippen LogP contribution in [0.25, 0.3) is 0 Å². The van der Waals surface area contributed by atoms with Gasteiger partial charge in [-0.2, -0.15) is 0 Å². The summed E-state index contributed by atoms with van der Waals surface area (Å²) in [6, 6.07) is 0. The average Bonchev–Trinajstić information content (AvgIpc) is 2.67. The molecule has 0 aromatic heterocycles. The van der Waals surface area contributed by atoms with Crippen LogP contribution in [0.2, 0.25) is 0 Å². The van der Waals surface area contributed by atoms with Gasteiger partial charge in [-0.1, -0.05) is 124 Å². The molecule has 4 heteroatoms. The van der Waals surface area contributed by atoms with E-state index in [9.17, 15) is 9.90 Å². The maximum atomic E-state index is 9.69. The van der Waals surface area contributed by atoms with E-state index in [1.54, 1.807) is 13.8 Å². The van der Waals surface area contributed by atoms with E-state index >= 15 is 0 Å². The van der Waals surface area contributed by atoms with Crippen LogP contribution in [0.3, 0.4) is 0 Å². The van der Waals surface area contributed by atoms with Gasteiger partial charge in [-0.25, -0.2) is 0 Å². The summed E-state index contributed by atoms with van der Waals surface area (Å²) in [6.07, 6.45) is 23.7. The van der Waals surface area contributed by atoms with Crippen molar-refractivity contribution < 1.29 is 15.0 Å². The van der Waals surface area contributed by atoms with Gasteiger partial charge in [-0.3, -0.25) is 4.79 Å². The maximum Gasteiger partial charge on any atom is 0.303 e. The standard InChI is InChI=1S/C22H47NO.C3H6O2/c1-4-5-6-7-8-9-10-11-12-13-14-15-16-17-18-19-20-21(2)22(3,23)24;1-2-3(4)5/h21,24H,4-20,23H2,1-3H3;2H2,1H3,(H,4,5). The Balaban J connectivity index is 0. The van der Waals surface area contributed by atoms with Gasteiger partial charge in [0.1, 0.15) is 5.72 Å². The quantitative estimate of drug-likeness (QED) is 0.151. The predicted octanol–water partition coefficient (Wildman–Crippen LogP) is 7.42. The Hall–Kier alpha value is -0.610. The molecule has 0 saturated heterocycles. The molecule has 0 aromatic rings. The molecule has 0 amide bonds. The molecule has 0 heterocycles. The van der Waals surface area contributed by atoms with Crippen molar-refractivity contribution in [1.82, 2.24) is 0 Å². The molecule has 0 saturated carbocycles. The van der Waals surface area contributed by atoms with Gasteiger partial charge in [0.05, 0.1) is 0 Å². The van der Waals surface area contributed by atoms with Crippen molar-refractivity contribution in [3.8, 4) is 0 Å². The normalized spacial score (nSPS) is 14.0. The van der Waals surface area contributed by atoms with Gasteiger partial charge in [-0.05, 0) is 19.3 Å². The number of rotatable bonds is 19. The summed E-state index contributed by atoms with van der Waals surface area (Å²) < 4.78 is 0. The Labute approximate surface area is 182 Å². The first-order valence-electron chi connectivity index (χ1n) is 12.5. The molecule has 2 unspecified atom stereocenters. The fraction of sp³-hybridized carbons (Fsp3) is 0.960. The summed E-state index contributed by atoms with van der Waals surface area (Å²) in [5.74, 6) is -0.547. The second kappa shape index (κ2) is 22.1. The van der Waals surface area contributed by atoms with E-state index in [0.29, 0.717) is 0 Å². The molecular weight excluding hydrogens is 362 g/mol. The number of carboxylic acid groups (broad SMARTS) is 1. The van der Waals surface area contributed by atoms with Crippen LogP contribution in [-0.4, -0.2) is 21.9 Å². The monoisotopic (exact) mass is 415 g/mol. The van der Waals surface area contributed by atoms with E-state index in [1.807, 2.05) is 6.92 Å². The second-order valence-corrected chi connectivity index (χ2v) is 8.97. The minimum absolute atomic E-state index is 0.198. The third kappa shape index (κ3) is 27.4. The van der Waals surface area contributed by atoms with Crippen LogP contribution in [0.4, 0.5) is 0 Å². The highest BCUT2D eigenvalue weighted by atomic mass is 16.4. The molecule has 0 rings (SSSR count). The Morgan fingerprint density at radius 2 is 1.03 bits per heavy atom. The topological polar surface area (TPSA) is 83.5 Å². The summed E-state index contributed by atoms with van der Waals surface area (Å²) in [6.45, 7) is 7.64. The minimum atomic E-state index is -1.00. The van der Waals surface area contributed by atoms with E-state index in [4.69, 9.17) is 10.8 Å². The van der Waals surface area contributed by atoms with E-state index in [1.165, 1.54) is 103 Å². The predicted molar refractivity (Wildman–Crippen MR) is 126 cm³/mol. The van der Waals surface area contributed by atoms with Crippen molar-refractivity contribution in [2.45, 2.75) is 149 Å². The van der Waals surface area contributed by atoms with Crippen LogP contribution in [0.1, 0.15) is 143 Å². The van der Waals surface area contributed by atoms with E-state index < -0.39 is 11.7 Å². The van der Waals surface area contributed by atoms with Gasteiger partial charge in [-0.15, -0.1) is 0 Å². The molecule has 2 atom stereocenters. The van der Waals surface area contributed by atoms with Crippen molar-refractivity contribution in [2.24, 2.45) is 11.7 Å². The zero-order chi connectivity index (χ0) is 22.4. The summed E-state index contributed by atoms with van der Waals surface area (Å²) >= 11 is 0. The van der Waals surface area contributed by atoms with Crippen molar-refractivity contribution >= 4 is 5.97 Å². The third-order valence-corrected chi connectivity index (χ3v) is 5.79. The molecule has 0 radical (unpaired) electrons. The molecule has 0 bridgehead atoms. The fourth-order valence-electron chi connectivity index (χ4n) is 3.29. The average molecular weight is 416 g/mol. The lowest BCUT2D eigenvalue weighted by Crippen LogP contribution is -2.42. The van der Waals surface area contributed by atoms with Gasteiger partial charge in [0.15, 0.2) is 0 Å². The van der Waals surface area contributed by atoms with Crippen LogP contribution in [0.15, 0.2) is 0 Å². The summed E-state index contributed by atoms with van der Waals surface area (Å²) in [5, 5.41) is 17.4. The van der Waals surface area contributed by atoms with Crippen molar-refractivity contribution in [1.29, 1.82) is 0 Å².